The molecule has 0 atom stereocenters. The molecule has 1 aromatic rings. The SMILES string of the molecule is CCCCCCCCCCCCCCCCCCCCc1cccc(CCCCCCCCCCCCCCCCCCCC)c1. The Bertz CT molecular complexity index is 634. The molecule has 0 unspecified atom stereocenters. The summed E-state index contributed by atoms with van der Waals surface area (Å²) in [5, 5.41) is 0. The molecule has 0 nitrogen and oxygen atoms in total. The minimum Gasteiger partial charge on any atom is -0.0654 e. The van der Waals surface area contributed by atoms with Crippen LogP contribution >= 0.6 is 0 Å². The molecule has 270 valence electrons. The first-order valence-corrected chi connectivity index (χ1v) is 21.9. The highest BCUT2D eigenvalue weighted by molar-refractivity contribution is 5.23. The van der Waals surface area contributed by atoms with E-state index in [-0.39, 0.29) is 0 Å². The van der Waals surface area contributed by atoms with Gasteiger partial charge >= 0.3 is 0 Å². The fraction of sp³-hybridized carbons (Fsp3) is 0.870. The third-order valence-corrected chi connectivity index (χ3v) is 10.6. The van der Waals surface area contributed by atoms with E-state index in [4.69, 9.17) is 0 Å². The molecule has 0 aliphatic heterocycles. The standard InChI is InChI=1S/C46H86/c1-3-5-7-9-11-13-15-17-19-21-23-25-27-29-31-33-35-37-40-45-42-39-43-46(44-45)41-38-36-34-32-30-28-26-24-22-20-18-16-14-12-10-8-6-4-2/h39,42-44H,3-38,40-41H2,1-2H3. The molecule has 0 bridgehead atoms. The molecule has 0 heterocycles. The van der Waals surface area contributed by atoms with Crippen molar-refractivity contribution in [2.75, 3.05) is 0 Å². The second-order valence-electron chi connectivity index (χ2n) is 15.3. The van der Waals surface area contributed by atoms with E-state index < -0.39 is 0 Å². The first-order valence-electron chi connectivity index (χ1n) is 21.9. The zero-order valence-electron chi connectivity index (χ0n) is 32.2. The molecule has 0 fully saturated rings. The van der Waals surface area contributed by atoms with Gasteiger partial charge in [0.15, 0.2) is 0 Å². The van der Waals surface area contributed by atoms with Crippen molar-refractivity contribution >= 4 is 0 Å². The summed E-state index contributed by atoms with van der Waals surface area (Å²) in [6.45, 7) is 4.62. The highest BCUT2D eigenvalue weighted by Gasteiger charge is 2.00. The summed E-state index contributed by atoms with van der Waals surface area (Å²) in [4.78, 5) is 0. The van der Waals surface area contributed by atoms with E-state index in [0.717, 1.165) is 0 Å². The molecule has 1 rings (SSSR count). The van der Waals surface area contributed by atoms with Crippen LogP contribution < -0.4 is 0 Å². The average molecular weight is 639 g/mol. The predicted octanol–water partition coefficient (Wildman–Crippen LogP) is 16.9. The van der Waals surface area contributed by atoms with Crippen LogP contribution in [0.15, 0.2) is 24.3 Å². The van der Waals surface area contributed by atoms with E-state index in [1.807, 2.05) is 0 Å². The Morgan fingerprint density at radius 2 is 0.457 bits per heavy atom. The smallest absolute Gasteiger partial charge is 0.0279 e. The molecule has 0 heteroatoms. The van der Waals surface area contributed by atoms with Crippen LogP contribution in [0.5, 0.6) is 0 Å². The molecule has 0 aliphatic rings. The first-order chi connectivity index (χ1) is 22.9. The van der Waals surface area contributed by atoms with Crippen LogP contribution in [0, 0.1) is 0 Å². The number of unbranched alkanes of at least 4 members (excludes halogenated alkanes) is 34. The fourth-order valence-electron chi connectivity index (χ4n) is 7.40. The second kappa shape index (κ2) is 37.0. The van der Waals surface area contributed by atoms with E-state index in [1.165, 1.54) is 244 Å². The molecular formula is C46H86. The van der Waals surface area contributed by atoms with Gasteiger partial charge in [0, 0.05) is 0 Å². The average Bonchev–Trinajstić information content (AvgIpc) is 3.07. The summed E-state index contributed by atoms with van der Waals surface area (Å²) in [6.07, 6.45) is 55.0. The van der Waals surface area contributed by atoms with Crippen molar-refractivity contribution in [3.63, 3.8) is 0 Å². The Morgan fingerprint density at radius 3 is 0.674 bits per heavy atom. The minimum absolute atomic E-state index is 1.28. The molecule has 0 saturated heterocycles. The van der Waals surface area contributed by atoms with Crippen molar-refractivity contribution in [1.29, 1.82) is 0 Å². The summed E-state index contributed by atoms with van der Waals surface area (Å²) in [5.74, 6) is 0. The predicted molar refractivity (Wildman–Crippen MR) is 211 cm³/mol. The number of benzene rings is 1. The monoisotopic (exact) mass is 639 g/mol. The molecule has 0 N–H and O–H groups in total. The Labute approximate surface area is 292 Å². The van der Waals surface area contributed by atoms with Crippen LogP contribution in [0.2, 0.25) is 0 Å². The zero-order chi connectivity index (χ0) is 32.9. The van der Waals surface area contributed by atoms with Crippen molar-refractivity contribution in [3.8, 4) is 0 Å². The van der Waals surface area contributed by atoms with Crippen molar-refractivity contribution in [2.45, 2.75) is 258 Å². The van der Waals surface area contributed by atoms with E-state index in [2.05, 4.69) is 38.1 Å². The molecule has 0 aromatic heterocycles. The van der Waals surface area contributed by atoms with Gasteiger partial charge in [-0.1, -0.05) is 256 Å². The van der Waals surface area contributed by atoms with E-state index >= 15 is 0 Å². The lowest BCUT2D eigenvalue weighted by Gasteiger charge is -2.07. The molecule has 1 aromatic carbocycles. The van der Waals surface area contributed by atoms with Gasteiger partial charge in [-0.25, -0.2) is 0 Å². The lowest BCUT2D eigenvalue weighted by Crippen LogP contribution is -1.91. The van der Waals surface area contributed by atoms with Crippen LogP contribution in [-0.4, -0.2) is 0 Å². The minimum atomic E-state index is 1.28. The third kappa shape index (κ3) is 31.8. The van der Waals surface area contributed by atoms with Crippen molar-refractivity contribution in [2.24, 2.45) is 0 Å². The molecule has 0 radical (unpaired) electrons. The summed E-state index contributed by atoms with van der Waals surface area (Å²) >= 11 is 0. The quantitative estimate of drug-likeness (QED) is 0.0632. The Balaban J connectivity index is 1.82. The second-order valence-corrected chi connectivity index (χ2v) is 15.3. The number of rotatable bonds is 38. The topological polar surface area (TPSA) is 0 Å². The largest absolute Gasteiger partial charge is 0.0654 e. The number of hydrogen-bond donors (Lipinski definition) is 0. The zero-order valence-corrected chi connectivity index (χ0v) is 32.2. The van der Waals surface area contributed by atoms with Crippen LogP contribution in [0.25, 0.3) is 0 Å². The van der Waals surface area contributed by atoms with E-state index in [9.17, 15) is 0 Å². The molecule has 0 aliphatic carbocycles. The van der Waals surface area contributed by atoms with Gasteiger partial charge in [0.25, 0.3) is 0 Å². The lowest BCUT2D eigenvalue weighted by atomic mass is 9.99. The molecule has 46 heavy (non-hydrogen) atoms. The summed E-state index contributed by atoms with van der Waals surface area (Å²) in [7, 11) is 0. The van der Waals surface area contributed by atoms with Gasteiger partial charge in [0.05, 0.1) is 0 Å². The highest BCUT2D eigenvalue weighted by atomic mass is 14.1. The van der Waals surface area contributed by atoms with Crippen LogP contribution in [0.4, 0.5) is 0 Å². The van der Waals surface area contributed by atoms with E-state index in [0.29, 0.717) is 0 Å². The van der Waals surface area contributed by atoms with Gasteiger partial charge in [0.1, 0.15) is 0 Å². The summed E-state index contributed by atoms with van der Waals surface area (Å²) in [5.41, 5.74) is 3.16. The molecule has 0 amide bonds. The Kier molecular flexibility index (Phi) is 34.8. The van der Waals surface area contributed by atoms with Gasteiger partial charge in [-0.15, -0.1) is 0 Å². The number of hydrogen-bond acceptors (Lipinski definition) is 0. The van der Waals surface area contributed by atoms with Crippen molar-refractivity contribution in [1.82, 2.24) is 0 Å². The molecule has 0 saturated carbocycles. The maximum atomic E-state index is 2.52. The normalized spacial score (nSPS) is 11.5. The molecular weight excluding hydrogens is 553 g/mol. The van der Waals surface area contributed by atoms with Crippen molar-refractivity contribution < 1.29 is 0 Å². The highest BCUT2D eigenvalue weighted by Crippen LogP contribution is 2.18. The van der Waals surface area contributed by atoms with Gasteiger partial charge in [-0.3, -0.25) is 0 Å². The van der Waals surface area contributed by atoms with Gasteiger partial charge in [-0.2, -0.15) is 0 Å². The van der Waals surface area contributed by atoms with Gasteiger partial charge < -0.3 is 0 Å². The van der Waals surface area contributed by atoms with Crippen LogP contribution in [0.1, 0.15) is 256 Å². The lowest BCUT2D eigenvalue weighted by molar-refractivity contribution is 0.525. The molecule has 0 spiro atoms. The maximum Gasteiger partial charge on any atom is -0.0279 e. The van der Waals surface area contributed by atoms with Crippen molar-refractivity contribution in [3.05, 3.63) is 35.4 Å². The third-order valence-electron chi connectivity index (χ3n) is 10.6. The van der Waals surface area contributed by atoms with Gasteiger partial charge in [0.2, 0.25) is 0 Å². The van der Waals surface area contributed by atoms with Crippen LogP contribution in [0.3, 0.4) is 0 Å². The summed E-state index contributed by atoms with van der Waals surface area (Å²) < 4.78 is 0. The fourth-order valence-corrected chi connectivity index (χ4v) is 7.40. The van der Waals surface area contributed by atoms with E-state index in [1.54, 1.807) is 11.1 Å². The first kappa shape index (κ1) is 43.2. The Hall–Kier alpha value is -0.780. The van der Waals surface area contributed by atoms with Gasteiger partial charge in [-0.05, 0) is 36.8 Å². The number of aryl methyl sites for hydroxylation is 2. The Morgan fingerprint density at radius 1 is 0.261 bits per heavy atom. The van der Waals surface area contributed by atoms with Crippen LogP contribution in [-0.2, 0) is 12.8 Å². The maximum absolute atomic E-state index is 2.52. The summed E-state index contributed by atoms with van der Waals surface area (Å²) in [6, 6.07) is 9.56.